The number of β-lactam (4-membered cyclic amide) rings is 1. The van der Waals surface area contributed by atoms with Crippen molar-refractivity contribution >= 4 is 40.6 Å². The second-order valence-corrected chi connectivity index (χ2v) is 7.59. The van der Waals surface area contributed by atoms with Crippen molar-refractivity contribution in [1.82, 2.24) is 4.90 Å². The number of thioether (sulfide) groups is 1. The number of nitro groups is 1. The zero-order chi connectivity index (χ0) is 22.9. The first-order chi connectivity index (χ1) is 14.6. The number of carboxylic acids is 1. The molecule has 0 saturated carbocycles. The molecule has 13 heteroatoms. The molecule has 3 atom stereocenters. The van der Waals surface area contributed by atoms with E-state index in [4.69, 9.17) is 14.2 Å². The summed E-state index contributed by atoms with van der Waals surface area (Å²) in [6, 6.07) is 5.35. The van der Waals surface area contributed by atoms with E-state index < -0.39 is 56.9 Å². The number of benzene rings is 1. The first kappa shape index (κ1) is 22.1. The maximum absolute atomic E-state index is 12.5. The molecule has 1 saturated heterocycles. The summed E-state index contributed by atoms with van der Waals surface area (Å²) in [5, 5.41) is 18.5. The van der Waals surface area contributed by atoms with Gasteiger partial charge in [-0.1, -0.05) is 11.8 Å². The van der Waals surface area contributed by atoms with Crippen molar-refractivity contribution in [2.45, 2.75) is 25.0 Å². The smallest absolute Gasteiger partial charge is 0.490 e. The van der Waals surface area contributed by atoms with E-state index in [9.17, 15) is 34.4 Å². The Labute approximate surface area is 178 Å². The molecule has 1 fully saturated rings. The highest BCUT2D eigenvalue weighted by molar-refractivity contribution is 8.14. The van der Waals surface area contributed by atoms with Crippen molar-refractivity contribution < 1.29 is 43.4 Å². The van der Waals surface area contributed by atoms with Gasteiger partial charge in [0.25, 0.3) is 10.8 Å². The second-order valence-electron chi connectivity index (χ2n) is 6.50. The maximum Gasteiger partial charge on any atom is 0.508 e. The van der Waals surface area contributed by atoms with Gasteiger partial charge < -0.3 is 19.3 Å². The summed E-state index contributed by atoms with van der Waals surface area (Å²) in [6.07, 6.45) is -2.09. The molecule has 0 bridgehead atoms. The Morgan fingerprint density at radius 3 is 2.48 bits per heavy atom. The third-order valence-electron chi connectivity index (χ3n) is 4.65. The van der Waals surface area contributed by atoms with E-state index in [1.807, 2.05) is 0 Å². The van der Waals surface area contributed by atoms with Crippen molar-refractivity contribution in [3.63, 3.8) is 0 Å². The zero-order valence-electron chi connectivity index (χ0n) is 16.2. The lowest BCUT2D eigenvalue weighted by molar-refractivity contribution is -0.384. The number of carbonyl (C=O) groups excluding carboxylic acids is 3. The van der Waals surface area contributed by atoms with Crippen molar-refractivity contribution in [3.05, 3.63) is 51.4 Å². The van der Waals surface area contributed by atoms with Crippen LogP contribution < -0.4 is 0 Å². The monoisotopic (exact) mass is 452 g/mol. The van der Waals surface area contributed by atoms with Gasteiger partial charge in [-0.25, -0.2) is 9.59 Å². The van der Waals surface area contributed by atoms with Gasteiger partial charge in [0.1, 0.15) is 24.0 Å². The highest BCUT2D eigenvalue weighted by atomic mass is 32.2. The molecule has 164 valence electrons. The first-order valence-electron chi connectivity index (χ1n) is 8.78. The lowest BCUT2D eigenvalue weighted by atomic mass is 9.91. The van der Waals surface area contributed by atoms with Gasteiger partial charge in [0, 0.05) is 12.1 Å². The molecule has 12 nitrogen and oxygen atoms in total. The lowest BCUT2D eigenvalue weighted by Gasteiger charge is -2.49. The maximum atomic E-state index is 12.5. The molecule has 0 spiro atoms. The molecule has 0 radical (unpaired) electrons. The molecule has 1 aromatic carbocycles. The number of fused-ring (bicyclic) bond motifs is 1. The van der Waals surface area contributed by atoms with E-state index in [2.05, 4.69) is 0 Å². The van der Waals surface area contributed by atoms with Gasteiger partial charge in [-0.05, 0) is 24.6 Å². The third kappa shape index (κ3) is 4.17. The van der Waals surface area contributed by atoms with Crippen LogP contribution in [0.15, 0.2) is 35.7 Å². The van der Waals surface area contributed by atoms with Crippen LogP contribution >= 0.6 is 11.8 Å². The Bertz CT molecular complexity index is 990. The molecule has 2 aliphatic heterocycles. The van der Waals surface area contributed by atoms with Crippen LogP contribution in [0.1, 0.15) is 12.5 Å². The van der Waals surface area contributed by atoms with Gasteiger partial charge in [0.05, 0.1) is 12.0 Å². The number of ether oxygens (including phenoxy) is 3. The number of hydrogen-bond donors (Lipinski definition) is 1. The fourth-order valence-corrected chi connectivity index (χ4v) is 4.45. The van der Waals surface area contributed by atoms with Crippen LogP contribution in [0.3, 0.4) is 0 Å². The van der Waals surface area contributed by atoms with Gasteiger partial charge in [-0.2, -0.15) is 0 Å². The van der Waals surface area contributed by atoms with Crippen LogP contribution in [0.2, 0.25) is 0 Å². The Kier molecular flexibility index (Phi) is 6.15. The number of amides is 1. The predicted octanol–water partition coefficient (Wildman–Crippen LogP) is 1.64. The molecule has 3 rings (SSSR count). The van der Waals surface area contributed by atoms with Gasteiger partial charge in [0.2, 0.25) is 11.7 Å². The number of carbonyl (C=O) groups is 4. The fraction of sp³-hybridized carbons (Fsp3) is 0.333. The van der Waals surface area contributed by atoms with Crippen molar-refractivity contribution in [3.8, 4) is 0 Å². The molecular weight excluding hydrogens is 436 g/mol. The van der Waals surface area contributed by atoms with Gasteiger partial charge in [-0.3, -0.25) is 24.6 Å². The molecule has 31 heavy (non-hydrogen) atoms. The summed E-state index contributed by atoms with van der Waals surface area (Å²) in [5.74, 6) is -3.50. The molecule has 1 amide bonds. The number of carboxylic acid groups (broad SMARTS) is 1. The topological polar surface area (TPSA) is 163 Å². The summed E-state index contributed by atoms with van der Waals surface area (Å²) in [5.41, 5.74) is -0.178. The van der Waals surface area contributed by atoms with E-state index in [0.29, 0.717) is 17.3 Å². The standard InChI is InChI=1S/C18H16N2O10S/c1-8(30-18(25)29-7-9-3-5-10(6-4-9)20(26)27)11-14(21)19-12(16(22)23)13(28-2)17(24)31-15(11)19/h3-6,8,11,15H,7H2,1-2H3,(H,22,23)/t8-,11+,15+/m1/s1. The minimum absolute atomic E-state index is 0.112. The quantitative estimate of drug-likeness (QED) is 0.277. The van der Waals surface area contributed by atoms with E-state index in [1.54, 1.807) is 0 Å². The first-order valence-corrected chi connectivity index (χ1v) is 9.66. The van der Waals surface area contributed by atoms with Gasteiger partial charge >= 0.3 is 12.1 Å². The predicted molar refractivity (Wildman–Crippen MR) is 102 cm³/mol. The average Bonchev–Trinajstić information content (AvgIpc) is 2.71. The number of hydrogen-bond acceptors (Lipinski definition) is 10. The van der Waals surface area contributed by atoms with E-state index in [0.717, 1.165) is 12.0 Å². The highest BCUT2D eigenvalue weighted by Gasteiger charge is 2.59. The number of nitrogens with zero attached hydrogens (tertiary/aromatic N) is 2. The highest BCUT2D eigenvalue weighted by Crippen LogP contribution is 2.46. The molecule has 0 aliphatic carbocycles. The normalized spacial score (nSPS) is 21.0. The summed E-state index contributed by atoms with van der Waals surface area (Å²) in [6.45, 7) is 1.21. The van der Waals surface area contributed by atoms with Crippen molar-refractivity contribution in [2.75, 3.05) is 7.11 Å². The van der Waals surface area contributed by atoms with Crippen molar-refractivity contribution in [2.24, 2.45) is 5.92 Å². The second kappa shape index (κ2) is 8.63. The van der Waals surface area contributed by atoms with E-state index in [-0.39, 0.29) is 12.3 Å². The lowest BCUT2D eigenvalue weighted by Crippen LogP contribution is -2.65. The Balaban J connectivity index is 1.60. The summed E-state index contributed by atoms with van der Waals surface area (Å²) in [4.78, 5) is 59.2. The molecule has 0 unspecified atom stereocenters. The summed E-state index contributed by atoms with van der Waals surface area (Å²) in [7, 11) is 1.13. The number of non-ortho nitro benzene ring substituents is 1. The number of rotatable bonds is 7. The zero-order valence-corrected chi connectivity index (χ0v) is 17.0. The molecular formula is C18H16N2O10S. The van der Waals surface area contributed by atoms with Crippen LogP contribution in [0, 0.1) is 16.0 Å². The summed E-state index contributed by atoms with van der Waals surface area (Å²) >= 11 is 0.704. The van der Waals surface area contributed by atoms with Crippen LogP contribution in [0.4, 0.5) is 10.5 Å². The Morgan fingerprint density at radius 1 is 1.29 bits per heavy atom. The van der Waals surface area contributed by atoms with E-state index >= 15 is 0 Å². The molecule has 2 heterocycles. The Morgan fingerprint density at radius 2 is 1.94 bits per heavy atom. The van der Waals surface area contributed by atoms with Crippen LogP contribution in [0.5, 0.6) is 0 Å². The van der Waals surface area contributed by atoms with Crippen LogP contribution in [-0.4, -0.2) is 56.7 Å². The SMILES string of the molecule is COC1=C(C(=O)O)N2C(=O)[C@H]([C@@H](C)OC(=O)OCc3ccc([N+](=O)[O-])cc3)[C@@H]2SC1=O. The number of nitro benzene ring substituents is 1. The minimum Gasteiger partial charge on any atom is -0.490 e. The van der Waals surface area contributed by atoms with Crippen molar-refractivity contribution in [1.29, 1.82) is 0 Å². The molecule has 2 aliphatic rings. The molecule has 0 aromatic heterocycles. The molecule has 1 aromatic rings. The summed E-state index contributed by atoms with van der Waals surface area (Å²) < 4.78 is 14.9. The Hall–Kier alpha value is -3.61. The average molecular weight is 452 g/mol. The van der Waals surface area contributed by atoms with Crippen LogP contribution in [-0.2, 0) is 35.2 Å². The number of aliphatic carboxylic acids is 1. The van der Waals surface area contributed by atoms with Crippen LogP contribution in [0.25, 0.3) is 0 Å². The van der Waals surface area contributed by atoms with Gasteiger partial charge in [0.15, 0.2) is 5.70 Å². The number of methoxy groups -OCH3 is 1. The minimum atomic E-state index is -1.49. The third-order valence-corrected chi connectivity index (χ3v) is 5.80. The van der Waals surface area contributed by atoms with E-state index in [1.165, 1.54) is 31.2 Å². The van der Waals surface area contributed by atoms with Gasteiger partial charge in [-0.15, -0.1) is 0 Å². The fourth-order valence-electron chi connectivity index (χ4n) is 3.15. The molecule has 1 N–H and O–H groups in total. The largest absolute Gasteiger partial charge is 0.508 e.